The van der Waals surface area contributed by atoms with E-state index >= 15 is 0 Å². The molecule has 0 radical (unpaired) electrons. The average molecular weight is 386 g/mol. The van der Waals surface area contributed by atoms with Gasteiger partial charge in [0.15, 0.2) is 8.32 Å². The molecule has 2 heteroatoms. The maximum Gasteiger partial charge on any atom is 0.192 e. The molecule has 2 fully saturated rings. The van der Waals surface area contributed by atoms with E-state index in [2.05, 4.69) is 53.8 Å². The Morgan fingerprint density at radius 1 is 1.19 bits per heavy atom. The van der Waals surface area contributed by atoms with Crippen LogP contribution in [0.3, 0.4) is 0 Å². The Labute approximate surface area is 169 Å². The lowest BCUT2D eigenvalue weighted by molar-refractivity contribution is -0.0165. The van der Waals surface area contributed by atoms with Crippen LogP contribution in [-0.2, 0) is 10.8 Å². The van der Waals surface area contributed by atoms with Crippen LogP contribution in [0, 0.1) is 24.2 Å². The fourth-order valence-electron chi connectivity index (χ4n) is 6.36. The van der Waals surface area contributed by atoms with Crippen molar-refractivity contribution in [2.24, 2.45) is 17.3 Å². The van der Waals surface area contributed by atoms with E-state index in [0.29, 0.717) is 17.4 Å². The summed E-state index contributed by atoms with van der Waals surface area (Å²) in [5.41, 5.74) is 4.65. The molecule has 0 aliphatic heterocycles. The molecular formula is C25H40OSi. The van der Waals surface area contributed by atoms with Crippen molar-refractivity contribution in [3.63, 3.8) is 0 Å². The van der Waals surface area contributed by atoms with Gasteiger partial charge in [0.1, 0.15) is 0 Å². The summed E-state index contributed by atoms with van der Waals surface area (Å²) in [6, 6.07) is 5.00. The number of rotatable bonds is 2. The molecule has 3 aliphatic carbocycles. The van der Waals surface area contributed by atoms with Gasteiger partial charge < -0.3 is 4.43 Å². The van der Waals surface area contributed by atoms with Crippen molar-refractivity contribution in [2.75, 3.05) is 0 Å². The quantitative estimate of drug-likeness (QED) is 0.487. The Balaban J connectivity index is 1.62. The maximum absolute atomic E-state index is 8.61. The molecule has 5 atom stereocenters. The van der Waals surface area contributed by atoms with Crippen molar-refractivity contribution in [3.05, 3.63) is 34.9 Å². The van der Waals surface area contributed by atoms with E-state index in [4.69, 9.17) is 5.80 Å². The molecule has 0 aromatic heterocycles. The van der Waals surface area contributed by atoms with Gasteiger partial charge in [-0.05, 0) is 103 Å². The Bertz CT molecular complexity index is 765. The number of benzene rings is 1. The van der Waals surface area contributed by atoms with Crippen LogP contribution >= 0.6 is 0 Å². The molecule has 1 aromatic carbocycles. The van der Waals surface area contributed by atoms with Crippen molar-refractivity contribution >= 4 is 8.32 Å². The minimum absolute atomic E-state index is 0.278. The Kier molecular flexibility index (Phi) is 4.40. The molecule has 0 amide bonds. The summed E-state index contributed by atoms with van der Waals surface area (Å²) in [6.45, 7) is 16.7. The van der Waals surface area contributed by atoms with Crippen LogP contribution in [0.1, 0.15) is 83.8 Å². The van der Waals surface area contributed by atoms with Crippen molar-refractivity contribution in [1.82, 2.24) is 0 Å². The van der Waals surface area contributed by atoms with E-state index in [0.717, 1.165) is 17.9 Å². The van der Waals surface area contributed by atoms with Gasteiger partial charge in [-0.1, -0.05) is 45.9 Å². The third kappa shape index (κ3) is 3.06. The number of fused-ring (bicyclic) bond motifs is 5. The Hall–Kier alpha value is -0.603. The predicted octanol–water partition coefficient (Wildman–Crippen LogP) is 7.24. The molecular weight excluding hydrogens is 344 g/mol. The molecule has 0 heterocycles. The zero-order valence-corrected chi connectivity index (χ0v) is 19.6. The molecule has 0 saturated heterocycles. The largest absolute Gasteiger partial charge is 0.413 e. The first kappa shape index (κ1) is 18.4. The molecule has 0 bridgehead atoms. The van der Waals surface area contributed by atoms with Crippen LogP contribution in [0.4, 0.5) is 0 Å². The highest BCUT2D eigenvalue weighted by molar-refractivity contribution is 6.74. The number of hydrogen-bond donors (Lipinski definition) is 0. The maximum atomic E-state index is 8.61. The first-order valence-electron chi connectivity index (χ1n) is 11.7. The zero-order valence-electron chi connectivity index (χ0n) is 19.6. The summed E-state index contributed by atoms with van der Waals surface area (Å²) in [5, 5.41) is 0.278. The van der Waals surface area contributed by atoms with Crippen molar-refractivity contribution in [3.8, 4) is 0 Å². The summed E-state index contributed by atoms with van der Waals surface area (Å²) in [5.74, 6) is 2.14. The minimum atomic E-state index is -1.74. The van der Waals surface area contributed by atoms with E-state index < -0.39 is 8.32 Å². The highest BCUT2D eigenvalue weighted by atomic mass is 28.4. The molecule has 0 spiro atoms. The van der Waals surface area contributed by atoms with E-state index in [1.165, 1.54) is 55.2 Å². The van der Waals surface area contributed by atoms with Crippen molar-refractivity contribution < 1.29 is 5.80 Å². The van der Waals surface area contributed by atoms with Gasteiger partial charge in [-0.3, -0.25) is 0 Å². The first-order chi connectivity index (χ1) is 13.0. The van der Waals surface area contributed by atoms with E-state index in [1.54, 1.807) is 0 Å². The molecule has 0 N–H and O–H groups in total. The zero-order chi connectivity index (χ0) is 20.5. The summed E-state index contributed by atoms with van der Waals surface area (Å²) < 4.78 is 15.6. The minimum Gasteiger partial charge on any atom is -0.413 e. The van der Waals surface area contributed by atoms with Gasteiger partial charge in [0.25, 0.3) is 0 Å². The monoisotopic (exact) mass is 385 g/mol. The van der Waals surface area contributed by atoms with Crippen molar-refractivity contribution in [1.29, 1.82) is 0 Å². The molecule has 0 unspecified atom stereocenters. The summed E-state index contributed by atoms with van der Waals surface area (Å²) in [7, 11) is -1.74. The lowest BCUT2D eigenvalue weighted by atomic mass is 9.55. The van der Waals surface area contributed by atoms with Gasteiger partial charge in [-0.15, -0.1) is 0 Å². The van der Waals surface area contributed by atoms with Gasteiger partial charge in [-0.25, -0.2) is 0 Å². The summed E-state index contributed by atoms with van der Waals surface area (Å²) in [4.78, 5) is 0. The summed E-state index contributed by atoms with van der Waals surface area (Å²) >= 11 is 0. The second-order valence-corrected chi connectivity index (χ2v) is 16.2. The molecule has 1 nitrogen and oxygen atoms in total. The first-order valence-corrected chi connectivity index (χ1v) is 14.1. The van der Waals surface area contributed by atoms with Crippen molar-refractivity contribution in [2.45, 2.75) is 103 Å². The fourth-order valence-corrected chi connectivity index (χ4v) is 7.81. The van der Waals surface area contributed by atoms with Crippen LogP contribution in [-0.4, -0.2) is 14.4 Å². The predicted molar refractivity (Wildman–Crippen MR) is 118 cm³/mol. The van der Waals surface area contributed by atoms with Gasteiger partial charge in [0, 0.05) is 0 Å². The molecule has 3 aliphatic rings. The van der Waals surface area contributed by atoms with E-state index in [-0.39, 0.29) is 5.04 Å². The van der Waals surface area contributed by atoms with Crippen LogP contribution in [0.2, 0.25) is 18.1 Å². The highest BCUT2D eigenvalue weighted by Gasteiger charge is 2.56. The third-order valence-corrected chi connectivity index (χ3v) is 13.6. The lowest BCUT2D eigenvalue weighted by Crippen LogP contribution is -2.50. The number of hydrogen-bond acceptors (Lipinski definition) is 1. The highest BCUT2D eigenvalue weighted by Crippen LogP contribution is 2.62. The van der Waals surface area contributed by atoms with Gasteiger partial charge in [0.05, 0.1) is 7.47 Å². The number of aryl methyl sites for hydroxylation is 1. The topological polar surface area (TPSA) is 9.23 Å². The molecule has 4 rings (SSSR count). The SMILES string of the molecule is [2H]c1ccc(C)c2c1[C@H]1CC[C@]3(C)[C@@H](O[Si](C)(C)C(C)(C)C)CC[C@H]3[C@@H]1CC2. The standard InChI is InChI=1S/C25H40OSi/c1-17-9-8-10-19-18(17)11-12-21-20(19)15-16-25(5)22(21)13-14-23(25)26-27(6,7)24(2,3)4/h8-10,20-23H,11-16H2,1-7H3/t20-,21-,22+,23+,25+/m1/s1/i10D. The van der Waals surface area contributed by atoms with Crippen LogP contribution < -0.4 is 0 Å². The van der Waals surface area contributed by atoms with E-state index in [1.807, 2.05) is 6.07 Å². The van der Waals surface area contributed by atoms with Gasteiger partial charge >= 0.3 is 0 Å². The molecule has 150 valence electrons. The van der Waals surface area contributed by atoms with Crippen LogP contribution in [0.25, 0.3) is 0 Å². The molecule has 1 aromatic rings. The molecule has 27 heavy (non-hydrogen) atoms. The second kappa shape index (κ2) is 6.45. The summed E-state index contributed by atoms with van der Waals surface area (Å²) in [6.07, 6.45) is 8.01. The second-order valence-electron chi connectivity index (χ2n) is 11.5. The fraction of sp³-hybridized carbons (Fsp3) is 0.760. The lowest BCUT2D eigenvalue weighted by Gasteiger charge is -2.52. The van der Waals surface area contributed by atoms with Gasteiger partial charge in [-0.2, -0.15) is 0 Å². The smallest absolute Gasteiger partial charge is 0.192 e. The third-order valence-electron chi connectivity index (χ3n) is 9.06. The van der Waals surface area contributed by atoms with Crippen LogP contribution in [0.5, 0.6) is 0 Å². The Morgan fingerprint density at radius 3 is 2.63 bits per heavy atom. The van der Waals surface area contributed by atoms with Crippen LogP contribution in [0.15, 0.2) is 18.2 Å². The van der Waals surface area contributed by atoms with Gasteiger partial charge in [0.2, 0.25) is 0 Å². The Morgan fingerprint density at radius 2 is 1.93 bits per heavy atom. The average Bonchev–Trinajstić information content (AvgIpc) is 2.93. The molecule has 2 saturated carbocycles. The normalized spacial score (nSPS) is 36.6. The van der Waals surface area contributed by atoms with E-state index in [9.17, 15) is 0 Å².